The summed E-state index contributed by atoms with van der Waals surface area (Å²) in [6, 6.07) is 1.12. The van der Waals surface area contributed by atoms with Crippen LogP contribution in [0.3, 0.4) is 0 Å². The molecule has 1 rings (SSSR count). The fraction of sp³-hybridized carbons (Fsp3) is 0.500. The van der Waals surface area contributed by atoms with Crippen LogP contribution < -0.4 is 4.74 Å². The van der Waals surface area contributed by atoms with Crippen molar-refractivity contribution in [1.82, 2.24) is 0 Å². The second-order valence-electron chi connectivity index (χ2n) is 4.96. The summed E-state index contributed by atoms with van der Waals surface area (Å²) in [6.07, 6.45) is 0. The number of hydrogen-bond acceptors (Lipinski definition) is 4. The van der Waals surface area contributed by atoms with Crippen LogP contribution in [-0.4, -0.2) is 27.2 Å². The normalized spacial score (nSPS) is 12.5. The Hall–Kier alpha value is -0.920. The van der Waals surface area contributed by atoms with Crippen LogP contribution in [0.4, 0.5) is 8.78 Å². The monoisotopic (exact) mass is 328 g/mol. The van der Waals surface area contributed by atoms with Crippen LogP contribution in [0.5, 0.6) is 5.75 Å². The van der Waals surface area contributed by atoms with E-state index in [0.29, 0.717) is 12.1 Å². The lowest BCUT2D eigenvalue weighted by atomic mass is 10.2. The molecular weight excluding hydrogens is 314 g/mol. The van der Waals surface area contributed by atoms with Gasteiger partial charge in [0.1, 0.15) is 17.3 Å². The van der Waals surface area contributed by atoms with Gasteiger partial charge in [0, 0.05) is 16.7 Å². The lowest BCUT2D eigenvalue weighted by Crippen LogP contribution is -2.22. The van der Waals surface area contributed by atoms with Crippen LogP contribution in [0.25, 0.3) is 0 Å². The van der Waals surface area contributed by atoms with Crippen molar-refractivity contribution in [3.8, 4) is 5.75 Å². The van der Waals surface area contributed by atoms with Crippen molar-refractivity contribution in [2.24, 2.45) is 0 Å². The zero-order chi connectivity index (χ0) is 15.6. The van der Waals surface area contributed by atoms with Crippen molar-refractivity contribution in [3.63, 3.8) is 0 Å². The van der Waals surface area contributed by atoms with Gasteiger partial charge >= 0.3 is 0 Å². The minimum absolute atomic E-state index is 0.0980. The third kappa shape index (κ3) is 5.22. The summed E-state index contributed by atoms with van der Waals surface area (Å²) in [5.41, 5.74) is -0.411. The number of ether oxygens (including phenoxy) is 2. The lowest BCUT2D eigenvalue weighted by molar-refractivity contribution is -0.0170. The Morgan fingerprint density at radius 3 is 2.30 bits per heavy atom. The Labute approximate surface area is 121 Å². The van der Waals surface area contributed by atoms with Gasteiger partial charge in [0.25, 0.3) is 9.05 Å². The average Bonchev–Trinajstić information content (AvgIpc) is 2.23. The van der Waals surface area contributed by atoms with Gasteiger partial charge in [0.05, 0.1) is 12.2 Å². The van der Waals surface area contributed by atoms with Gasteiger partial charge in [-0.05, 0) is 26.8 Å². The summed E-state index contributed by atoms with van der Waals surface area (Å²) in [6.45, 7) is 5.47. The minimum Gasteiger partial charge on any atom is -0.487 e. The van der Waals surface area contributed by atoms with Gasteiger partial charge in [0.2, 0.25) is 0 Å². The van der Waals surface area contributed by atoms with E-state index < -0.39 is 36.9 Å². The first-order valence-electron chi connectivity index (χ1n) is 5.71. The molecule has 0 saturated carbocycles. The smallest absolute Gasteiger partial charge is 0.265 e. The molecule has 0 saturated heterocycles. The third-order valence-corrected chi connectivity index (χ3v) is 3.43. The van der Waals surface area contributed by atoms with Crippen molar-refractivity contribution < 1.29 is 26.7 Å². The van der Waals surface area contributed by atoms with E-state index in [1.165, 1.54) is 0 Å². The van der Waals surface area contributed by atoms with Gasteiger partial charge in [0.15, 0.2) is 11.6 Å². The van der Waals surface area contributed by atoms with Crippen LogP contribution in [-0.2, 0) is 13.8 Å². The molecule has 114 valence electrons. The first kappa shape index (κ1) is 17.1. The molecule has 0 amide bonds. The molecule has 0 atom stereocenters. The van der Waals surface area contributed by atoms with Crippen LogP contribution in [0.15, 0.2) is 17.0 Å². The van der Waals surface area contributed by atoms with E-state index in [-0.39, 0.29) is 13.2 Å². The van der Waals surface area contributed by atoms with Crippen LogP contribution in [0.2, 0.25) is 0 Å². The van der Waals surface area contributed by atoms with E-state index in [2.05, 4.69) is 0 Å². The molecule has 1 aromatic carbocycles. The Kier molecular flexibility index (Phi) is 5.34. The van der Waals surface area contributed by atoms with E-state index in [1.54, 1.807) is 0 Å². The summed E-state index contributed by atoms with van der Waals surface area (Å²) in [5.74, 6) is -2.81. The molecule has 1 aromatic rings. The summed E-state index contributed by atoms with van der Waals surface area (Å²) >= 11 is 0. The predicted molar refractivity (Wildman–Crippen MR) is 70.6 cm³/mol. The molecule has 0 radical (unpaired) electrons. The second-order valence-corrected chi connectivity index (χ2v) is 7.50. The molecule has 0 heterocycles. The molecule has 0 aliphatic carbocycles. The standard InChI is InChI=1S/C12H15ClF2O4S/c1-12(2,3)19-5-4-18-11-9(15)6-8(14)7-10(11)20(13,16)17/h6-7H,4-5H2,1-3H3. The van der Waals surface area contributed by atoms with E-state index in [1.807, 2.05) is 20.8 Å². The summed E-state index contributed by atoms with van der Waals surface area (Å²) < 4.78 is 59.5. The van der Waals surface area contributed by atoms with Gasteiger partial charge in [-0.25, -0.2) is 17.2 Å². The highest BCUT2D eigenvalue weighted by Gasteiger charge is 2.22. The molecule has 20 heavy (non-hydrogen) atoms. The van der Waals surface area contributed by atoms with Crippen molar-refractivity contribution in [2.45, 2.75) is 31.3 Å². The molecule has 0 unspecified atom stereocenters. The van der Waals surface area contributed by atoms with Gasteiger partial charge in [-0.1, -0.05) is 0 Å². The Morgan fingerprint density at radius 1 is 1.20 bits per heavy atom. The number of benzene rings is 1. The Bertz CT molecular complexity index is 582. The van der Waals surface area contributed by atoms with Gasteiger partial charge in [-0.3, -0.25) is 0 Å². The fourth-order valence-electron chi connectivity index (χ4n) is 1.35. The molecule has 0 N–H and O–H groups in total. The van der Waals surface area contributed by atoms with Crippen molar-refractivity contribution in [2.75, 3.05) is 13.2 Å². The van der Waals surface area contributed by atoms with E-state index in [0.717, 1.165) is 0 Å². The highest BCUT2D eigenvalue weighted by atomic mass is 35.7. The van der Waals surface area contributed by atoms with E-state index in [9.17, 15) is 17.2 Å². The van der Waals surface area contributed by atoms with Crippen LogP contribution in [0, 0.1) is 11.6 Å². The maximum Gasteiger partial charge on any atom is 0.265 e. The summed E-state index contributed by atoms with van der Waals surface area (Å²) in [5, 5.41) is 0. The molecule has 0 aromatic heterocycles. The first-order chi connectivity index (χ1) is 9.00. The van der Waals surface area contributed by atoms with Gasteiger partial charge < -0.3 is 9.47 Å². The maximum absolute atomic E-state index is 13.6. The Morgan fingerprint density at radius 2 is 1.80 bits per heavy atom. The minimum atomic E-state index is -4.32. The molecular formula is C12H15ClF2O4S. The topological polar surface area (TPSA) is 52.6 Å². The molecule has 0 aliphatic heterocycles. The quantitative estimate of drug-likeness (QED) is 0.615. The zero-order valence-electron chi connectivity index (χ0n) is 11.2. The van der Waals surface area contributed by atoms with Gasteiger partial charge in [-0.15, -0.1) is 0 Å². The van der Waals surface area contributed by atoms with Gasteiger partial charge in [-0.2, -0.15) is 0 Å². The largest absolute Gasteiger partial charge is 0.487 e. The average molecular weight is 329 g/mol. The van der Waals surface area contributed by atoms with E-state index >= 15 is 0 Å². The Balaban J connectivity index is 2.90. The molecule has 8 heteroatoms. The zero-order valence-corrected chi connectivity index (χ0v) is 12.8. The SMILES string of the molecule is CC(C)(C)OCCOc1c(F)cc(F)cc1S(=O)(=O)Cl. The third-order valence-electron chi connectivity index (χ3n) is 2.10. The van der Waals surface area contributed by atoms with Crippen molar-refractivity contribution in [3.05, 3.63) is 23.8 Å². The highest BCUT2D eigenvalue weighted by molar-refractivity contribution is 8.13. The molecule has 0 spiro atoms. The molecule has 0 fully saturated rings. The number of halogens is 3. The van der Waals surface area contributed by atoms with Crippen LogP contribution >= 0.6 is 10.7 Å². The molecule has 0 aliphatic rings. The number of rotatable bonds is 5. The summed E-state index contributed by atoms with van der Waals surface area (Å²) in [4.78, 5) is -0.743. The predicted octanol–water partition coefficient (Wildman–Crippen LogP) is 3.09. The van der Waals surface area contributed by atoms with E-state index in [4.69, 9.17) is 20.2 Å². The number of hydrogen-bond donors (Lipinski definition) is 0. The molecule has 0 bridgehead atoms. The summed E-state index contributed by atoms with van der Waals surface area (Å²) in [7, 11) is 0.803. The molecule has 4 nitrogen and oxygen atoms in total. The van der Waals surface area contributed by atoms with Crippen molar-refractivity contribution in [1.29, 1.82) is 0 Å². The maximum atomic E-state index is 13.6. The fourth-order valence-corrected chi connectivity index (χ4v) is 2.32. The van der Waals surface area contributed by atoms with Crippen molar-refractivity contribution >= 4 is 19.7 Å². The second kappa shape index (κ2) is 6.24. The highest BCUT2D eigenvalue weighted by Crippen LogP contribution is 2.30. The van der Waals surface area contributed by atoms with Crippen LogP contribution in [0.1, 0.15) is 20.8 Å². The first-order valence-corrected chi connectivity index (χ1v) is 8.02. The lowest BCUT2D eigenvalue weighted by Gasteiger charge is -2.19.